The molecule has 0 spiro atoms. The standard InChI is InChI=1S/C12H16OS/c13-9-5-11-14-10-4-8-12-6-2-1-3-7-12/h1-3,6-7,9H,4-5,8,10-11H2. The zero-order valence-electron chi connectivity index (χ0n) is 8.32. The second kappa shape index (κ2) is 7.63. The van der Waals surface area contributed by atoms with E-state index in [1.54, 1.807) is 0 Å². The quantitative estimate of drug-likeness (QED) is 0.506. The van der Waals surface area contributed by atoms with Gasteiger partial charge in [0, 0.05) is 6.42 Å². The average Bonchev–Trinajstić information content (AvgIpc) is 2.25. The molecule has 0 atom stereocenters. The highest BCUT2D eigenvalue weighted by Gasteiger charge is 1.92. The lowest BCUT2D eigenvalue weighted by Crippen LogP contribution is -1.89. The Morgan fingerprint density at radius 2 is 1.93 bits per heavy atom. The van der Waals surface area contributed by atoms with Crippen molar-refractivity contribution in [3.8, 4) is 0 Å². The van der Waals surface area contributed by atoms with Crippen molar-refractivity contribution in [2.24, 2.45) is 0 Å². The Balaban J connectivity index is 2.02. The van der Waals surface area contributed by atoms with Crippen molar-refractivity contribution in [1.29, 1.82) is 0 Å². The van der Waals surface area contributed by atoms with Gasteiger partial charge in [-0.3, -0.25) is 0 Å². The molecule has 0 fully saturated rings. The fourth-order valence-corrected chi connectivity index (χ4v) is 2.07. The monoisotopic (exact) mass is 208 g/mol. The van der Waals surface area contributed by atoms with Crippen molar-refractivity contribution in [2.75, 3.05) is 11.5 Å². The molecular formula is C12H16OS. The number of aryl methyl sites for hydroxylation is 1. The normalized spacial score (nSPS) is 10.0. The average molecular weight is 208 g/mol. The smallest absolute Gasteiger partial charge is 0.120 e. The zero-order chi connectivity index (χ0) is 10.1. The van der Waals surface area contributed by atoms with Gasteiger partial charge in [-0.15, -0.1) is 0 Å². The predicted molar refractivity (Wildman–Crippen MR) is 62.8 cm³/mol. The van der Waals surface area contributed by atoms with Gasteiger partial charge in [0.15, 0.2) is 0 Å². The van der Waals surface area contributed by atoms with Crippen LogP contribution in [0.25, 0.3) is 0 Å². The summed E-state index contributed by atoms with van der Waals surface area (Å²) in [5.74, 6) is 2.13. The van der Waals surface area contributed by atoms with Crippen molar-refractivity contribution < 1.29 is 4.79 Å². The summed E-state index contributed by atoms with van der Waals surface area (Å²) in [6, 6.07) is 10.5. The molecule has 0 aliphatic carbocycles. The highest BCUT2D eigenvalue weighted by Crippen LogP contribution is 2.08. The van der Waals surface area contributed by atoms with E-state index in [2.05, 4.69) is 24.3 Å². The maximum absolute atomic E-state index is 10.0. The minimum atomic E-state index is 0.690. The van der Waals surface area contributed by atoms with E-state index < -0.39 is 0 Å². The molecule has 0 amide bonds. The molecule has 0 unspecified atom stereocenters. The van der Waals surface area contributed by atoms with Gasteiger partial charge in [0.05, 0.1) is 0 Å². The molecule has 0 saturated carbocycles. The van der Waals surface area contributed by atoms with Crippen LogP contribution in [0.1, 0.15) is 18.4 Å². The molecule has 2 heteroatoms. The first-order chi connectivity index (χ1) is 6.93. The highest BCUT2D eigenvalue weighted by molar-refractivity contribution is 7.99. The van der Waals surface area contributed by atoms with Gasteiger partial charge in [0.25, 0.3) is 0 Å². The van der Waals surface area contributed by atoms with E-state index in [-0.39, 0.29) is 0 Å². The van der Waals surface area contributed by atoms with E-state index >= 15 is 0 Å². The van der Waals surface area contributed by atoms with Crippen molar-refractivity contribution in [3.63, 3.8) is 0 Å². The molecule has 14 heavy (non-hydrogen) atoms. The molecule has 0 aromatic heterocycles. The molecule has 0 N–H and O–H groups in total. The van der Waals surface area contributed by atoms with Gasteiger partial charge in [0.2, 0.25) is 0 Å². The van der Waals surface area contributed by atoms with E-state index in [0.29, 0.717) is 6.42 Å². The van der Waals surface area contributed by atoms with Gasteiger partial charge in [-0.2, -0.15) is 11.8 Å². The van der Waals surface area contributed by atoms with Crippen LogP contribution in [0.3, 0.4) is 0 Å². The number of benzene rings is 1. The van der Waals surface area contributed by atoms with Gasteiger partial charge in [-0.05, 0) is 29.9 Å². The maximum Gasteiger partial charge on any atom is 0.120 e. The van der Waals surface area contributed by atoms with Crippen LogP contribution in [-0.2, 0) is 11.2 Å². The second-order valence-electron chi connectivity index (χ2n) is 3.16. The SMILES string of the molecule is O=CCCSCCCc1ccccc1. The summed E-state index contributed by atoms with van der Waals surface area (Å²) in [7, 11) is 0. The van der Waals surface area contributed by atoms with Crippen LogP contribution >= 0.6 is 11.8 Å². The van der Waals surface area contributed by atoms with Crippen molar-refractivity contribution in [2.45, 2.75) is 19.3 Å². The summed E-state index contributed by atoms with van der Waals surface area (Å²) in [5, 5.41) is 0. The second-order valence-corrected chi connectivity index (χ2v) is 4.38. The van der Waals surface area contributed by atoms with Gasteiger partial charge in [0.1, 0.15) is 6.29 Å². The first kappa shape index (κ1) is 11.3. The largest absolute Gasteiger partial charge is 0.303 e. The summed E-state index contributed by atoms with van der Waals surface area (Å²) in [4.78, 5) is 10.0. The van der Waals surface area contributed by atoms with E-state index in [4.69, 9.17) is 0 Å². The molecule has 0 aliphatic rings. The Morgan fingerprint density at radius 3 is 2.64 bits per heavy atom. The summed E-state index contributed by atoms with van der Waals surface area (Å²) >= 11 is 1.87. The third kappa shape index (κ3) is 5.07. The summed E-state index contributed by atoms with van der Waals surface area (Å²) in [6.07, 6.45) is 4.03. The molecule has 0 heterocycles. The van der Waals surface area contributed by atoms with Gasteiger partial charge in [-0.1, -0.05) is 30.3 Å². The molecule has 1 aromatic carbocycles. The lowest BCUT2D eigenvalue weighted by Gasteiger charge is -2.00. The molecule has 1 rings (SSSR count). The fraction of sp³-hybridized carbons (Fsp3) is 0.417. The lowest BCUT2D eigenvalue weighted by atomic mass is 10.1. The number of hydrogen-bond acceptors (Lipinski definition) is 2. The fourth-order valence-electron chi connectivity index (χ4n) is 1.26. The Kier molecular flexibility index (Phi) is 6.16. The van der Waals surface area contributed by atoms with Crippen molar-refractivity contribution >= 4 is 18.0 Å². The minimum Gasteiger partial charge on any atom is -0.303 e. The predicted octanol–water partition coefficient (Wildman–Crippen LogP) is 2.94. The lowest BCUT2D eigenvalue weighted by molar-refractivity contribution is -0.107. The van der Waals surface area contributed by atoms with Crippen LogP contribution in [-0.4, -0.2) is 17.8 Å². The number of aldehydes is 1. The number of carbonyl (C=O) groups excluding carboxylic acids is 1. The molecule has 1 nitrogen and oxygen atoms in total. The molecule has 0 bridgehead atoms. The van der Waals surface area contributed by atoms with E-state index in [1.807, 2.05) is 17.8 Å². The van der Waals surface area contributed by atoms with E-state index in [1.165, 1.54) is 12.0 Å². The molecular weight excluding hydrogens is 192 g/mol. The van der Waals surface area contributed by atoms with Crippen LogP contribution in [0, 0.1) is 0 Å². The molecule has 76 valence electrons. The highest BCUT2D eigenvalue weighted by atomic mass is 32.2. The van der Waals surface area contributed by atoms with Crippen LogP contribution < -0.4 is 0 Å². The number of hydrogen-bond donors (Lipinski definition) is 0. The molecule has 0 aliphatic heterocycles. The number of rotatable bonds is 7. The van der Waals surface area contributed by atoms with Crippen molar-refractivity contribution in [3.05, 3.63) is 35.9 Å². The van der Waals surface area contributed by atoms with E-state index in [9.17, 15) is 4.79 Å². The third-order valence-corrected chi connectivity index (χ3v) is 3.08. The minimum absolute atomic E-state index is 0.690. The topological polar surface area (TPSA) is 17.1 Å². The zero-order valence-corrected chi connectivity index (χ0v) is 9.13. The Morgan fingerprint density at radius 1 is 1.14 bits per heavy atom. The summed E-state index contributed by atoms with van der Waals surface area (Å²) in [5.41, 5.74) is 1.41. The number of carbonyl (C=O) groups is 1. The Labute approximate surface area is 89.9 Å². The van der Waals surface area contributed by atoms with Crippen LogP contribution in [0.2, 0.25) is 0 Å². The molecule has 1 aromatic rings. The van der Waals surface area contributed by atoms with Gasteiger partial charge < -0.3 is 4.79 Å². The summed E-state index contributed by atoms with van der Waals surface area (Å²) in [6.45, 7) is 0. The summed E-state index contributed by atoms with van der Waals surface area (Å²) < 4.78 is 0. The number of thioether (sulfide) groups is 1. The van der Waals surface area contributed by atoms with Crippen LogP contribution in [0.5, 0.6) is 0 Å². The van der Waals surface area contributed by atoms with Gasteiger partial charge >= 0.3 is 0 Å². The first-order valence-corrected chi connectivity index (χ1v) is 6.14. The van der Waals surface area contributed by atoms with Crippen LogP contribution in [0.4, 0.5) is 0 Å². The van der Waals surface area contributed by atoms with Crippen LogP contribution in [0.15, 0.2) is 30.3 Å². The first-order valence-electron chi connectivity index (χ1n) is 4.99. The molecule has 0 radical (unpaired) electrons. The Bertz CT molecular complexity index is 246. The Hall–Kier alpha value is -0.760. The molecule has 0 saturated heterocycles. The maximum atomic E-state index is 10.0. The van der Waals surface area contributed by atoms with Crippen molar-refractivity contribution in [1.82, 2.24) is 0 Å². The van der Waals surface area contributed by atoms with E-state index in [0.717, 1.165) is 24.2 Å². The van der Waals surface area contributed by atoms with Gasteiger partial charge in [-0.25, -0.2) is 0 Å². The third-order valence-electron chi connectivity index (χ3n) is 1.98.